The third-order valence-electron chi connectivity index (χ3n) is 3.81. The highest BCUT2D eigenvalue weighted by molar-refractivity contribution is 5.47. The van der Waals surface area contributed by atoms with E-state index < -0.39 is 29.0 Å². The van der Waals surface area contributed by atoms with Crippen LogP contribution in [0.25, 0.3) is 0 Å². The van der Waals surface area contributed by atoms with Gasteiger partial charge in [0.2, 0.25) is 0 Å². The van der Waals surface area contributed by atoms with Crippen LogP contribution in [-0.4, -0.2) is 6.54 Å². The van der Waals surface area contributed by atoms with Crippen molar-refractivity contribution in [3.8, 4) is 0 Å². The smallest absolute Gasteiger partial charge is 0.185 e. The highest BCUT2D eigenvalue weighted by Crippen LogP contribution is 2.30. The molecule has 2 rings (SSSR count). The fourth-order valence-corrected chi connectivity index (χ4v) is 2.51. The Bertz CT molecular complexity index is 427. The van der Waals surface area contributed by atoms with E-state index in [0.29, 0.717) is 18.4 Å². The quantitative estimate of drug-likeness (QED) is 0.633. The Kier molecular flexibility index (Phi) is 4.32. The fourth-order valence-electron chi connectivity index (χ4n) is 2.51. The lowest BCUT2D eigenvalue weighted by Crippen LogP contribution is -2.21. The first-order chi connectivity index (χ1) is 8.99. The number of hydrogen-bond acceptors (Lipinski definition) is 1. The molecular formula is C14H17F4N. The maximum Gasteiger partial charge on any atom is 0.185 e. The molecule has 0 bridgehead atoms. The van der Waals surface area contributed by atoms with Gasteiger partial charge in [0.25, 0.3) is 0 Å². The van der Waals surface area contributed by atoms with Gasteiger partial charge in [0, 0.05) is 12.6 Å². The minimum absolute atomic E-state index is 0.220. The van der Waals surface area contributed by atoms with Gasteiger partial charge in [-0.15, -0.1) is 0 Å². The lowest BCUT2D eigenvalue weighted by atomic mass is 9.83. The Morgan fingerprint density at radius 1 is 1.00 bits per heavy atom. The fraction of sp³-hybridized carbons (Fsp3) is 0.571. The number of anilines is 1. The Labute approximate surface area is 110 Å². The van der Waals surface area contributed by atoms with Gasteiger partial charge >= 0.3 is 0 Å². The molecule has 0 aromatic heterocycles. The van der Waals surface area contributed by atoms with Gasteiger partial charge < -0.3 is 5.32 Å². The van der Waals surface area contributed by atoms with Crippen molar-refractivity contribution in [1.29, 1.82) is 0 Å². The van der Waals surface area contributed by atoms with E-state index in [2.05, 4.69) is 12.2 Å². The van der Waals surface area contributed by atoms with Crippen molar-refractivity contribution in [3.05, 3.63) is 29.3 Å². The van der Waals surface area contributed by atoms with Crippen molar-refractivity contribution in [2.45, 2.75) is 32.6 Å². The van der Waals surface area contributed by atoms with Crippen LogP contribution in [0.2, 0.25) is 0 Å². The van der Waals surface area contributed by atoms with Crippen LogP contribution in [0.3, 0.4) is 0 Å². The minimum atomic E-state index is -1.38. The molecule has 1 nitrogen and oxygen atoms in total. The molecule has 0 atom stereocenters. The lowest BCUT2D eigenvalue weighted by molar-refractivity contribution is 0.300. The largest absolute Gasteiger partial charge is 0.380 e. The van der Waals surface area contributed by atoms with Crippen LogP contribution in [0.15, 0.2) is 6.07 Å². The highest BCUT2D eigenvalue weighted by Gasteiger charge is 2.22. The maximum absolute atomic E-state index is 13.4. The summed E-state index contributed by atoms with van der Waals surface area (Å²) in [5, 5.41) is 2.52. The molecule has 0 radical (unpaired) electrons. The third-order valence-corrected chi connectivity index (χ3v) is 3.81. The van der Waals surface area contributed by atoms with Crippen LogP contribution in [0.4, 0.5) is 23.2 Å². The summed E-state index contributed by atoms with van der Waals surface area (Å²) in [7, 11) is 0. The van der Waals surface area contributed by atoms with Gasteiger partial charge in [-0.25, -0.2) is 17.6 Å². The summed E-state index contributed by atoms with van der Waals surface area (Å²) in [6.45, 7) is 2.51. The van der Waals surface area contributed by atoms with E-state index in [9.17, 15) is 17.6 Å². The van der Waals surface area contributed by atoms with E-state index in [0.717, 1.165) is 25.7 Å². The molecule has 5 heteroatoms. The monoisotopic (exact) mass is 275 g/mol. The molecule has 106 valence electrons. The Balaban J connectivity index is 2.03. The summed E-state index contributed by atoms with van der Waals surface area (Å²) in [6.07, 6.45) is 4.09. The van der Waals surface area contributed by atoms with Gasteiger partial charge in [-0.3, -0.25) is 0 Å². The normalized spacial score (nSPS) is 23.4. The topological polar surface area (TPSA) is 12.0 Å². The zero-order valence-corrected chi connectivity index (χ0v) is 10.8. The van der Waals surface area contributed by atoms with Gasteiger partial charge in [-0.2, -0.15) is 0 Å². The SMILES string of the molecule is CC1CCC(CNc2c(F)c(F)cc(F)c2F)CC1. The maximum atomic E-state index is 13.4. The Hall–Kier alpha value is -1.26. The number of halogens is 4. The van der Waals surface area contributed by atoms with Crippen LogP contribution in [0.1, 0.15) is 32.6 Å². The highest BCUT2D eigenvalue weighted by atomic mass is 19.2. The first-order valence-corrected chi connectivity index (χ1v) is 6.56. The molecule has 1 aromatic rings. The molecule has 0 amide bonds. The van der Waals surface area contributed by atoms with Crippen LogP contribution in [-0.2, 0) is 0 Å². The summed E-state index contributed by atoms with van der Waals surface area (Å²) in [5.74, 6) is -4.50. The van der Waals surface area contributed by atoms with Gasteiger partial charge in [0.15, 0.2) is 23.3 Å². The average molecular weight is 275 g/mol. The van der Waals surface area contributed by atoms with Gasteiger partial charge in [-0.1, -0.05) is 19.8 Å². The van der Waals surface area contributed by atoms with Gasteiger partial charge in [0.1, 0.15) is 5.69 Å². The number of hydrogen-bond donors (Lipinski definition) is 1. The summed E-state index contributed by atoms with van der Waals surface area (Å²) in [6, 6.07) is 0.220. The van der Waals surface area contributed by atoms with Gasteiger partial charge in [0.05, 0.1) is 0 Å². The molecular weight excluding hydrogens is 258 g/mol. The van der Waals surface area contributed by atoms with Crippen molar-refractivity contribution in [3.63, 3.8) is 0 Å². The number of benzene rings is 1. The van der Waals surface area contributed by atoms with E-state index in [-0.39, 0.29) is 6.07 Å². The molecule has 0 saturated heterocycles. The molecule has 0 unspecified atom stereocenters. The summed E-state index contributed by atoms with van der Waals surface area (Å²) >= 11 is 0. The number of rotatable bonds is 3. The summed E-state index contributed by atoms with van der Waals surface area (Å²) in [4.78, 5) is 0. The molecule has 0 aliphatic heterocycles. The molecule has 1 N–H and O–H groups in total. The van der Waals surface area contributed by atoms with Crippen molar-refractivity contribution < 1.29 is 17.6 Å². The van der Waals surface area contributed by atoms with Crippen molar-refractivity contribution in [2.24, 2.45) is 11.8 Å². The second-order valence-corrected chi connectivity index (χ2v) is 5.35. The van der Waals surface area contributed by atoms with Crippen LogP contribution >= 0.6 is 0 Å². The molecule has 1 aliphatic rings. The molecule has 0 heterocycles. The predicted octanol–water partition coefficient (Wildman–Crippen LogP) is 4.48. The average Bonchev–Trinajstić information content (AvgIpc) is 2.38. The standard InChI is InChI=1S/C14H17F4N/c1-8-2-4-9(5-3-8)7-19-14-12(17)10(15)6-11(16)13(14)18/h6,8-9,19H,2-5,7H2,1H3. The van der Waals surface area contributed by atoms with Crippen molar-refractivity contribution >= 4 is 5.69 Å². The van der Waals surface area contributed by atoms with Crippen molar-refractivity contribution in [1.82, 2.24) is 0 Å². The zero-order valence-electron chi connectivity index (χ0n) is 10.8. The van der Waals surface area contributed by atoms with E-state index in [4.69, 9.17) is 0 Å². The van der Waals surface area contributed by atoms with Crippen molar-refractivity contribution in [2.75, 3.05) is 11.9 Å². The van der Waals surface area contributed by atoms with E-state index in [1.54, 1.807) is 0 Å². The molecule has 19 heavy (non-hydrogen) atoms. The minimum Gasteiger partial charge on any atom is -0.380 e. The lowest BCUT2D eigenvalue weighted by Gasteiger charge is -2.26. The molecule has 1 fully saturated rings. The first-order valence-electron chi connectivity index (χ1n) is 6.56. The first kappa shape index (κ1) is 14.2. The second kappa shape index (κ2) is 5.80. The van der Waals surface area contributed by atoms with Crippen LogP contribution in [0.5, 0.6) is 0 Å². The Morgan fingerprint density at radius 3 is 2.05 bits per heavy atom. The zero-order chi connectivity index (χ0) is 14.0. The summed E-state index contributed by atoms with van der Waals surface area (Å²) in [5.41, 5.74) is -0.698. The van der Waals surface area contributed by atoms with E-state index in [1.807, 2.05) is 0 Å². The third kappa shape index (κ3) is 3.19. The second-order valence-electron chi connectivity index (χ2n) is 5.35. The predicted molar refractivity (Wildman–Crippen MR) is 65.9 cm³/mol. The molecule has 1 saturated carbocycles. The molecule has 0 spiro atoms. The van der Waals surface area contributed by atoms with Crippen LogP contribution < -0.4 is 5.32 Å². The molecule has 1 aliphatic carbocycles. The van der Waals surface area contributed by atoms with Crippen LogP contribution in [0, 0.1) is 35.1 Å². The van der Waals surface area contributed by atoms with E-state index >= 15 is 0 Å². The van der Waals surface area contributed by atoms with Gasteiger partial charge in [-0.05, 0) is 24.7 Å². The van der Waals surface area contributed by atoms with E-state index in [1.165, 1.54) is 0 Å². The Morgan fingerprint density at radius 2 is 1.53 bits per heavy atom. The number of nitrogens with one attached hydrogen (secondary N) is 1. The molecule has 1 aromatic carbocycles. The summed E-state index contributed by atoms with van der Waals surface area (Å²) < 4.78 is 52.9.